The molecule has 1 N–H and O–H groups in total. The molecule has 5 rings (SSSR count). The van der Waals surface area contributed by atoms with Gasteiger partial charge in [-0.1, -0.05) is 36.4 Å². The van der Waals surface area contributed by atoms with Gasteiger partial charge < -0.3 is 10.1 Å². The van der Waals surface area contributed by atoms with Gasteiger partial charge in [-0.05, 0) is 42.8 Å². The normalized spacial score (nSPS) is 15.7. The number of aromatic nitrogens is 3. The van der Waals surface area contributed by atoms with Gasteiger partial charge in [-0.15, -0.1) is 11.3 Å². The SMILES string of the molecule is Cc1cc(C(=O)NCC2(c3ccccc3)CCOCC2)c2cnn(Cc3cccs3)c2n1. The molecule has 1 saturated heterocycles. The first-order valence-electron chi connectivity index (χ1n) is 10.9. The molecular formula is C25H26N4O2S. The standard InChI is InChI=1S/C25H26N4O2S/c1-18-14-21(22-15-27-29(23(22)28-18)16-20-8-5-13-32-20)24(30)26-17-25(9-11-31-12-10-25)19-6-3-2-4-7-19/h2-8,13-15H,9-12,16-17H2,1H3,(H,26,30). The van der Waals surface area contributed by atoms with E-state index in [1.165, 1.54) is 10.4 Å². The van der Waals surface area contributed by atoms with Gasteiger partial charge in [0.25, 0.3) is 5.91 Å². The van der Waals surface area contributed by atoms with E-state index in [2.05, 4.69) is 51.1 Å². The minimum atomic E-state index is -0.111. The summed E-state index contributed by atoms with van der Waals surface area (Å²) in [5.74, 6) is -0.0852. The van der Waals surface area contributed by atoms with E-state index in [1.54, 1.807) is 17.5 Å². The number of benzene rings is 1. The number of aryl methyl sites for hydroxylation is 1. The topological polar surface area (TPSA) is 69.0 Å². The van der Waals surface area contributed by atoms with E-state index in [0.29, 0.717) is 31.9 Å². The van der Waals surface area contributed by atoms with Crippen LogP contribution in [0, 0.1) is 6.92 Å². The Morgan fingerprint density at radius 1 is 1.19 bits per heavy atom. The van der Waals surface area contributed by atoms with Crippen LogP contribution in [0.2, 0.25) is 0 Å². The number of pyridine rings is 1. The fourth-order valence-electron chi connectivity index (χ4n) is 4.49. The Labute approximate surface area is 191 Å². The van der Waals surface area contributed by atoms with E-state index in [1.807, 2.05) is 29.8 Å². The van der Waals surface area contributed by atoms with Crippen LogP contribution in [-0.2, 0) is 16.7 Å². The smallest absolute Gasteiger partial charge is 0.252 e. The van der Waals surface area contributed by atoms with Crippen LogP contribution in [0.25, 0.3) is 11.0 Å². The highest BCUT2D eigenvalue weighted by molar-refractivity contribution is 7.09. The van der Waals surface area contributed by atoms with Crippen LogP contribution in [0.3, 0.4) is 0 Å². The second kappa shape index (κ2) is 8.84. The molecule has 0 bridgehead atoms. The average Bonchev–Trinajstić information content (AvgIpc) is 3.49. The van der Waals surface area contributed by atoms with Crippen molar-refractivity contribution < 1.29 is 9.53 Å². The molecule has 1 amide bonds. The van der Waals surface area contributed by atoms with Crippen molar-refractivity contribution in [3.05, 3.63) is 81.8 Å². The summed E-state index contributed by atoms with van der Waals surface area (Å²) in [6, 6.07) is 16.4. The summed E-state index contributed by atoms with van der Waals surface area (Å²) in [4.78, 5) is 19.2. The molecule has 0 unspecified atom stereocenters. The van der Waals surface area contributed by atoms with E-state index in [0.717, 1.165) is 29.6 Å². The molecule has 0 atom stereocenters. The van der Waals surface area contributed by atoms with Gasteiger partial charge in [0.2, 0.25) is 0 Å². The third kappa shape index (κ3) is 4.06. The van der Waals surface area contributed by atoms with Crippen LogP contribution in [0.1, 0.15) is 39.3 Å². The maximum absolute atomic E-state index is 13.3. The van der Waals surface area contributed by atoms with Crippen LogP contribution >= 0.6 is 11.3 Å². The quantitative estimate of drug-likeness (QED) is 0.479. The number of fused-ring (bicyclic) bond motifs is 1. The number of amides is 1. The summed E-state index contributed by atoms with van der Waals surface area (Å²) < 4.78 is 7.50. The van der Waals surface area contributed by atoms with Gasteiger partial charge in [-0.25, -0.2) is 9.67 Å². The number of carbonyl (C=O) groups is 1. The molecular weight excluding hydrogens is 420 g/mol. The minimum Gasteiger partial charge on any atom is -0.381 e. The molecule has 1 aliphatic rings. The predicted molar refractivity (Wildman–Crippen MR) is 126 cm³/mol. The first kappa shape index (κ1) is 20.8. The summed E-state index contributed by atoms with van der Waals surface area (Å²) in [5, 5.41) is 10.6. The van der Waals surface area contributed by atoms with Gasteiger partial charge in [-0.3, -0.25) is 4.79 Å². The lowest BCUT2D eigenvalue weighted by Crippen LogP contribution is -2.44. The highest BCUT2D eigenvalue weighted by Gasteiger charge is 2.35. The predicted octanol–water partition coefficient (Wildman–Crippen LogP) is 4.33. The zero-order valence-electron chi connectivity index (χ0n) is 18.1. The second-order valence-electron chi connectivity index (χ2n) is 8.37. The van der Waals surface area contributed by atoms with Crippen molar-refractivity contribution in [3.63, 3.8) is 0 Å². The maximum Gasteiger partial charge on any atom is 0.252 e. The number of hydrogen-bond acceptors (Lipinski definition) is 5. The number of carbonyl (C=O) groups excluding carboxylic acids is 1. The Kier molecular flexibility index (Phi) is 5.76. The molecule has 7 heteroatoms. The fourth-order valence-corrected chi connectivity index (χ4v) is 5.18. The summed E-state index contributed by atoms with van der Waals surface area (Å²) in [6.07, 6.45) is 3.54. The molecule has 1 aromatic carbocycles. The van der Waals surface area contributed by atoms with Crippen molar-refractivity contribution >= 4 is 28.3 Å². The molecule has 0 radical (unpaired) electrons. The van der Waals surface area contributed by atoms with E-state index in [-0.39, 0.29) is 11.3 Å². The molecule has 4 heterocycles. The number of ether oxygens (including phenoxy) is 1. The van der Waals surface area contributed by atoms with Gasteiger partial charge in [0.1, 0.15) is 0 Å². The van der Waals surface area contributed by atoms with Crippen LogP contribution in [0.4, 0.5) is 0 Å². The molecule has 6 nitrogen and oxygen atoms in total. The first-order chi connectivity index (χ1) is 15.6. The summed E-state index contributed by atoms with van der Waals surface area (Å²) in [5.41, 5.74) is 3.31. The third-order valence-electron chi connectivity index (χ3n) is 6.29. The van der Waals surface area contributed by atoms with E-state index < -0.39 is 0 Å². The molecule has 3 aromatic heterocycles. The lowest BCUT2D eigenvalue weighted by atomic mass is 9.74. The van der Waals surface area contributed by atoms with Crippen LogP contribution in [-0.4, -0.2) is 40.4 Å². The Bertz CT molecular complexity index is 1210. The molecule has 0 saturated carbocycles. The molecule has 1 fully saturated rings. The Balaban J connectivity index is 1.41. The number of nitrogens with one attached hydrogen (secondary N) is 1. The summed E-state index contributed by atoms with van der Waals surface area (Å²) in [6.45, 7) is 4.56. The van der Waals surface area contributed by atoms with Crippen molar-refractivity contribution in [1.29, 1.82) is 0 Å². The Morgan fingerprint density at radius 2 is 2.00 bits per heavy atom. The summed E-state index contributed by atoms with van der Waals surface area (Å²) in [7, 11) is 0. The van der Waals surface area contributed by atoms with Gasteiger partial charge >= 0.3 is 0 Å². The van der Waals surface area contributed by atoms with Crippen LogP contribution < -0.4 is 5.32 Å². The molecule has 32 heavy (non-hydrogen) atoms. The molecule has 1 aliphatic heterocycles. The average molecular weight is 447 g/mol. The van der Waals surface area contributed by atoms with Crippen molar-refractivity contribution in [2.45, 2.75) is 31.7 Å². The number of hydrogen-bond donors (Lipinski definition) is 1. The summed E-state index contributed by atoms with van der Waals surface area (Å²) >= 11 is 1.69. The highest BCUT2D eigenvalue weighted by Crippen LogP contribution is 2.34. The lowest BCUT2D eigenvalue weighted by Gasteiger charge is -2.38. The van der Waals surface area contributed by atoms with Crippen molar-refractivity contribution in [2.24, 2.45) is 0 Å². The monoisotopic (exact) mass is 446 g/mol. The maximum atomic E-state index is 13.3. The fraction of sp³-hybridized carbons (Fsp3) is 0.320. The number of nitrogens with zero attached hydrogens (tertiary/aromatic N) is 3. The number of rotatable bonds is 6. The van der Waals surface area contributed by atoms with Crippen molar-refractivity contribution in [2.75, 3.05) is 19.8 Å². The van der Waals surface area contributed by atoms with Crippen molar-refractivity contribution in [3.8, 4) is 0 Å². The van der Waals surface area contributed by atoms with E-state index in [4.69, 9.17) is 4.74 Å². The minimum absolute atomic E-state index is 0.0852. The Hall–Kier alpha value is -3.03. The van der Waals surface area contributed by atoms with Gasteiger partial charge in [0, 0.05) is 35.7 Å². The van der Waals surface area contributed by atoms with Gasteiger partial charge in [0.05, 0.1) is 23.7 Å². The van der Waals surface area contributed by atoms with Crippen LogP contribution in [0.5, 0.6) is 0 Å². The molecule has 4 aromatic rings. The van der Waals surface area contributed by atoms with Crippen molar-refractivity contribution in [1.82, 2.24) is 20.1 Å². The lowest BCUT2D eigenvalue weighted by molar-refractivity contribution is 0.0487. The van der Waals surface area contributed by atoms with Crippen LogP contribution in [0.15, 0.2) is 60.1 Å². The molecule has 0 aliphatic carbocycles. The highest BCUT2D eigenvalue weighted by atomic mass is 32.1. The largest absolute Gasteiger partial charge is 0.381 e. The molecule has 164 valence electrons. The Morgan fingerprint density at radius 3 is 2.75 bits per heavy atom. The number of thiophene rings is 1. The molecule has 0 spiro atoms. The zero-order chi connectivity index (χ0) is 22.0. The van der Waals surface area contributed by atoms with E-state index in [9.17, 15) is 4.79 Å². The van der Waals surface area contributed by atoms with Gasteiger partial charge in [-0.2, -0.15) is 5.10 Å². The van der Waals surface area contributed by atoms with E-state index >= 15 is 0 Å². The first-order valence-corrected chi connectivity index (χ1v) is 11.8. The zero-order valence-corrected chi connectivity index (χ0v) is 18.9. The third-order valence-corrected chi connectivity index (χ3v) is 7.15. The van der Waals surface area contributed by atoms with Gasteiger partial charge in [0.15, 0.2) is 5.65 Å². The second-order valence-corrected chi connectivity index (χ2v) is 9.40.